The third-order valence-electron chi connectivity index (χ3n) is 3.06. The maximum atomic E-state index is 5.88. The van der Waals surface area contributed by atoms with Crippen LogP contribution in [0.15, 0.2) is 59.1 Å². The lowest BCUT2D eigenvalue weighted by Gasteiger charge is -1.99. The van der Waals surface area contributed by atoms with Crippen molar-refractivity contribution in [3.05, 3.63) is 65.2 Å². The summed E-state index contributed by atoms with van der Waals surface area (Å²) in [5.41, 5.74) is 4.04. The number of benzene rings is 2. The Labute approximate surface area is 116 Å². The van der Waals surface area contributed by atoms with E-state index in [1.54, 1.807) is 0 Å². The molecule has 0 amide bonds. The Morgan fingerprint density at radius 2 is 1.74 bits per heavy atom. The summed E-state index contributed by atoms with van der Waals surface area (Å²) >= 11 is 5.88. The van der Waals surface area contributed by atoms with Crippen LogP contribution in [0.1, 0.15) is 5.56 Å². The third kappa shape index (κ3) is 2.40. The van der Waals surface area contributed by atoms with Gasteiger partial charge in [-0.3, -0.25) is 0 Å². The average molecular weight is 270 g/mol. The second-order valence-corrected chi connectivity index (χ2v) is 4.83. The van der Waals surface area contributed by atoms with E-state index in [9.17, 15) is 0 Å². The molecule has 0 aliphatic rings. The summed E-state index contributed by atoms with van der Waals surface area (Å²) in [5, 5.41) is 4.83. The van der Waals surface area contributed by atoms with Gasteiger partial charge >= 0.3 is 0 Å². The smallest absolute Gasteiger partial charge is 0.167 e. The van der Waals surface area contributed by atoms with Crippen molar-refractivity contribution in [1.29, 1.82) is 0 Å². The van der Waals surface area contributed by atoms with Crippen LogP contribution in [-0.4, -0.2) is 5.16 Å². The van der Waals surface area contributed by atoms with E-state index < -0.39 is 0 Å². The highest BCUT2D eigenvalue weighted by molar-refractivity contribution is 6.30. The molecule has 0 N–H and O–H groups in total. The molecule has 0 spiro atoms. The number of hydrogen-bond donors (Lipinski definition) is 0. The van der Waals surface area contributed by atoms with Crippen molar-refractivity contribution >= 4 is 11.6 Å². The fraction of sp³-hybridized carbons (Fsp3) is 0.0625. The van der Waals surface area contributed by atoms with E-state index in [1.807, 2.05) is 48.5 Å². The molecule has 3 aromatic rings. The van der Waals surface area contributed by atoms with Crippen molar-refractivity contribution in [2.45, 2.75) is 6.92 Å². The predicted molar refractivity (Wildman–Crippen MR) is 77.1 cm³/mol. The predicted octanol–water partition coefficient (Wildman–Crippen LogP) is 4.97. The van der Waals surface area contributed by atoms with Gasteiger partial charge in [0.1, 0.15) is 5.69 Å². The van der Waals surface area contributed by atoms with E-state index in [2.05, 4.69) is 18.1 Å². The topological polar surface area (TPSA) is 26.0 Å². The number of hydrogen-bond acceptors (Lipinski definition) is 2. The largest absolute Gasteiger partial charge is 0.356 e. The van der Waals surface area contributed by atoms with Crippen LogP contribution in [0.4, 0.5) is 0 Å². The first-order valence-electron chi connectivity index (χ1n) is 6.03. The molecule has 1 heterocycles. The minimum atomic E-state index is 0.714. The summed E-state index contributed by atoms with van der Waals surface area (Å²) in [6.45, 7) is 2.06. The molecule has 0 fully saturated rings. The zero-order chi connectivity index (χ0) is 13.2. The van der Waals surface area contributed by atoms with Crippen LogP contribution in [0, 0.1) is 6.92 Å². The van der Waals surface area contributed by atoms with Gasteiger partial charge in [0.25, 0.3) is 0 Å². The Balaban J connectivity index is 2.00. The van der Waals surface area contributed by atoms with Crippen LogP contribution in [0.2, 0.25) is 5.02 Å². The lowest BCUT2D eigenvalue weighted by Crippen LogP contribution is -1.78. The number of nitrogens with zero attached hydrogens (tertiary/aromatic N) is 1. The Bertz CT molecular complexity index is 701. The highest BCUT2D eigenvalue weighted by Gasteiger charge is 2.09. The summed E-state index contributed by atoms with van der Waals surface area (Å²) in [4.78, 5) is 0. The van der Waals surface area contributed by atoms with Gasteiger partial charge < -0.3 is 4.52 Å². The molecule has 19 heavy (non-hydrogen) atoms. The first-order valence-corrected chi connectivity index (χ1v) is 6.40. The zero-order valence-electron chi connectivity index (χ0n) is 10.4. The summed E-state index contributed by atoms with van der Waals surface area (Å²) in [6.07, 6.45) is 0. The molecule has 2 aromatic carbocycles. The van der Waals surface area contributed by atoms with Gasteiger partial charge in [-0.2, -0.15) is 0 Å². The highest BCUT2D eigenvalue weighted by Crippen LogP contribution is 2.28. The molecule has 94 valence electrons. The number of rotatable bonds is 2. The minimum absolute atomic E-state index is 0.714. The van der Waals surface area contributed by atoms with Gasteiger partial charge in [0.15, 0.2) is 5.76 Å². The monoisotopic (exact) mass is 269 g/mol. The fourth-order valence-corrected chi connectivity index (χ4v) is 2.13. The Kier molecular flexibility index (Phi) is 3.10. The second kappa shape index (κ2) is 4.90. The molecule has 0 radical (unpaired) electrons. The molecule has 0 bridgehead atoms. The van der Waals surface area contributed by atoms with Crippen LogP contribution in [0.25, 0.3) is 22.6 Å². The molecule has 0 saturated heterocycles. The van der Waals surface area contributed by atoms with Crippen LogP contribution < -0.4 is 0 Å². The van der Waals surface area contributed by atoms with E-state index in [-0.39, 0.29) is 0 Å². The summed E-state index contributed by atoms with van der Waals surface area (Å²) < 4.78 is 5.43. The first-order chi connectivity index (χ1) is 9.24. The van der Waals surface area contributed by atoms with Gasteiger partial charge in [-0.1, -0.05) is 53.2 Å². The van der Waals surface area contributed by atoms with Gasteiger partial charge in [-0.25, -0.2) is 0 Å². The van der Waals surface area contributed by atoms with Crippen LogP contribution in [0.3, 0.4) is 0 Å². The fourth-order valence-electron chi connectivity index (χ4n) is 2.01. The number of aryl methyl sites for hydroxylation is 1. The molecule has 2 nitrogen and oxygen atoms in total. The zero-order valence-corrected chi connectivity index (χ0v) is 11.2. The Hall–Kier alpha value is -2.06. The maximum Gasteiger partial charge on any atom is 0.167 e. The van der Waals surface area contributed by atoms with E-state index in [4.69, 9.17) is 16.1 Å². The second-order valence-electron chi connectivity index (χ2n) is 4.40. The van der Waals surface area contributed by atoms with Crippen LogP contribution in [-0.2, 0) is 0 Å². The molecular formula is C16H12ClNO. The van der Waals surface area contributed by atoms with Gasteiger partial charge in [0, 0.05) is 22.2 Å². The molecule has 3 rings (SSSR count). The standard InChI is InChI=1S/C16H12ClNO/c1-11-4-2-3-5-14(11)16-10-15(18-19-16)12-6-8-13(17)9-7-12/h2-10H,1H3. The Morgan fingerprint density at radius 1 is 1.00 bits per heavy atom. The van der Waals surface area contributed by atoms with Crippen LogP contribution in [0.5, 0.6) is 0 Å². The van der Waals surface area contributed by atoms with Crippen LogP contribution >= 0.6 is 11.6 Å². The van der Waals surface area contributed by atoms with Gasteiger partial charge in [-0.05, 0) is 24.6 Å². The van der Waals surface area contributed by atoms with Gasteiger partial charge in [0.05, 0.1) is 0 Å². The van der Waals surface area contributed by atoms with E-state index in [0.717, 1.165) is 22.6 Å². The van der Waals surface area contributed by atoms with Gasteiger partial charge in [-0.15, -0.1) is 0 Å². The normalized spacial score (nSPS) is 10.6. The number of halogens is 1. The molecule has 3 heteroatoms. The summed E-state index contributed by atoms with van der Waals surface area (Å²) in [6, 6.07) is 17.6. The van der Waals surface area contributed by atoms with Crippen molar-refractivity contribution < 1.29 is 4.52 Å². The van der Waals surface area contributed by atoms with E-state index >= 15 is 0 Å². The third-order valence-corrected chi connectivity index (χ3v) is 3.31. The van der Waals surface area contributed by atoms with Crippen molar-refractivity contribution in [1.82, 2.24) is 5.16 Å². The van der Waals surface area contributed by atoms with Crippen molar-refractivity contribution in [3.8, 4) is 22.6 Å². The number of aromatic nitrogens is 1. The van der Waals surface area contributed by atoms with E-state index in [0.29, 0.717) is 5.02 Å². The lowest BCUT2D eigenvalue weighted by molar-refractivity contribution is 0.434. The average Bonchev–Trinajstić information content (AvgIpc) is 2.89. The quantitative estimate of drug-likeness (QED) is 0.656. The molecule has 0 unspecified atom stereocenters. The van der Waals surface area contributed by atoms with Gasteiger partial charge in [0.2, 0.25) is 0 Å². The molecule has 0 saturated carbocycles. The SMILES string of the molecule is Cc1ccccc1-c1cc(-c2ccc(Cl)cc2)no1. The Morgan fingerprint density at radius 3 is 2.47 bits per heavy atom. The molecule has 0 aliphatic carbocycles. The molecule has 0 atom stereocenters. The lowest BCUT2D eigenvalue weighted by atomic mass is 10.1. The molecule has 1 aromatic heterocycles. The van der Waals surface area contributed by atoms with Crippen molar-refractivity contribution in [2.24, 2.45) is 0 Å². The first kappa shape index (κ1) is 12.0. The molecule has 0 aliphatic heterocycles. The summed E-state index contributed by atoms with van der Waals surface area (Å²) in [7, 11) is 0. The van der Waals surface area contributed by atoms with Crippen molar-refractivity contribution in [2.75, 3.05) is 0 Å². The van der Waals surface area contributed by atoms with E-state index in [1.165, 1.54) is 5.56 Å². The summed E-state index contributed by atoms with van der Waals surface area (Å²) in [5.74, 6) is 0.781. The maximum absolute atomic E-state index is 5.88. The molecular weight excluding hydrogens is 258 g/mol. The highest BCUT2D eigenvalue weighted by atomic mass is 35.5. The van der Waals surface area contributed by atoms with Crippen molar-refractivity contribution in [3.63, 3.8) is 0 Å². The minimum Gasteiger partial charge on any atom is -0.356 e.